The molecule has 0 aliphatic carbocycles. The normalized spacial score (nSPS) is 10.6. The smallest absolute Gasteiger partial charge is 0.0541 e. The molecule has 4 heteroatoms. The van der Waals surface area contributed by atoms with Gasteiger partial charge in [0, 0.05) is 22.2 Å². The summed E-state index contributed by atoms with van der Waals surface area (Å²) in [6, 6.07) is 13.8. The average molecular weight is 298 g/mol. The van der Waals surface area contributed by atoms with Crippen LogP contribution in [0.2, 0.25) is 10.0 Å². The van der Waals surface area contributed by atoms with Gasteiger partial charge in [0.1, 0.15) is 0 Å². The number of thioether (sulfide) groups is 1. The van der Waals surface area contributed by atoms with Crippen molar-refractivity contribution in [3.63, 3.8) is 0 Å². The SMILES string of the molecule is NCc1ccc(CSc2ccccc2Cl)c(Cl)c1. The van der Waals surface area contributed by atoms with Crippen LogP contribution in [0.4, 0.5) is 0 Å². The fourth-order valence-corrected chi connectivity index (χ4v) is 3.14. The molecule has 94 valence electrons. The lowest BCUT2D eigenvalue weighted by molar-refractivity contribution is 1.07. The molecular weight excluding hydrogens is 285 g/mol. The molecule has 0 aromatic heterocycles. The number of hydrogen-bond donors (Lipinski definition) is 1. The van der Waals surface area contributed by atoms with Gasteiger partial charge in [0.25, 0.3) is 0 Å². The van der Waals surface area contributed by atoms with Crippen LogP contribution in [0.3, 0.4) is 0 Å². The summed E-state index contributed by atoms with van der Waals surface area (Å²) in [5.41, 5.74) is 7.72. The number of hydrogen-bond acceptors (Lipinski definition) is 2. The van der Waals surface area contributed by atoms with Gasteiger partial charge in [-0.3, -0.25) is 0 Å². The Morgan fingerprint density at radius 2 is 1.78 bits per heavy atom. The summed E-state index contributed by atoms with van der Waals surface area (Å²) in [5, 5.41) is 1.54. The summed E-state index contributed by atoms with van der Waals surface area (Å²) >= 11 is 14.0. The Hall–Kier alpha value is -0.670. The Kier molecular flexibility index (Phi) is 4.95. The molecule has 0 aliphatic heterocycles. The van der Waals surface area contributed by atoms with E-state index in [1.807, 2.05) is 42.5 Å². The second-order valence-electron chi connectivity index (χ2n) is 3.85. The molecular formula is C14H13Cl2NS. The molecule has 0 saturated carbocycles. The fourth-order valence-electron chi connectivity index (χ4n) is 1.55. The summed E-state index contributed by atoms with van der Waals surface area (Å²) in [7, 11) is 0. The summed E-state index contributed by atoms with van der Waals surface area (Å²) in [4.78, 5) is 1.07. The van der Waals surface area contributed by atoms with Crippen LogP contribution in [-0.4, -0.2) is 0 Å². The van der Waals surface area contributed by atoms with Crippen LogP contribution in [0.15, 0.2) is 47.4 Å². The van der Waals surface area contributed by atoms with Gasteiger partial charge in [-0.15, -0.1) is 11.8 Å². The van der Waals surface area contributed by atoms with Crippen molar-refractivity contribution < 1.29 is 0 Å². The third-order valence-electron chi connectivity index (χ3n) is 2.57. The van der Waals surface area contributed by atoms with E-state index in [1.165, 1.54) is 0 Å². The first-order valence-electron chi connectivity index (χ1n) is 5.55. The molecule has 2 rings (SSSR count). The van der Waals surface area contributed by atoms with Crippen molar-refractivity contribution in [3.05, 3.63) is 63.6 Å². The van der Waals surface area contributed by atoms with E-state index < -0.39 is 0 Å². The van der Waals surface area contributed by atoms with Gasteiger partial charge in [-0.05, 0) is 29.3 Å². The van der Waals surface area contributed by atoms with Crippen LogP contribution in [0.5, 0.6) is 0 Å². The summed E-state index contributed by atoms with van der Waals surface area (Å²) in [6.07, 6.45) is 0. The van der Waals surface area contributed by atoms with E-state index in [9.17, 15) is 0 Å². The molecule has 0 atom stereocenters. The van der Waals surface area contributed by atoms with Gasteiger partial charge >= 0.3 is 0 Å². The largest absolute Gasteiger partial charge is 0.326 e. The van der Waals surface area contributed by atoms with Gasteiger partial charge in [-0.1, -0.05) is 47.5 Å². The van der Waals surface area contributed by atoms with Gasteiger partial charge in [-0.25, -0.2) is 0 Å². The van der Waals surface area contributed by atoms with E-state index >= 15 is 0 Å². The van der Waals surface area contributed by atoms with E-state index in [0.29, 0.717) is 6.54 Å². The van der Waals surface area contributed by atoms with Crippen molar-refractivity contribution in [2.75, 3.05) is 0 Å². The first-order valence-corrected chi connectivity index (χ1v) is 7.29. The van der Waals surface area contributed by atoms with Gasteiger partial charge in [0.15, 0.2) is 0 Å². The minimum Gasteiger partial charge on any atom is -0.326 e. The minimum absolute atomic E-state index is 0.512. The predicted octanol–water partition coefficient (Wildman–Crippen LogP) is 4.74. The lowest BCUT2D eigenvalue weighted by atomic mass is 10.1. The average Bonchev–Trinajstić information content (AvgIpc) is 2.39. The highest BCUT2D eigenvalue weighted by atomic mass is 35.5. The third-order valence-corrected chi connectivity index (χ3v) is 4.49. The topological polar surface area (TPSA) is 26.0 Å². The standard InChI is InChI=1S/C14H13Cl2NS/c15-12-3-1-2-4-14(12)18-9-11-6-5-10(8-17)7-13(11)16/h1-7H,8-9,17H2. The summed E-state index contributed by atoms with van der Waals surface area (Å²) < 4.78 is 0. The first kappa shape index (κ1) is 13.8. The summed E-state index contributed by atoms with van der Waals surface area (Å²) in [5.74, 6) is 0.799. The van der Waals surface area contributed by atoms with Crippen LogP contribution in [0.1, 0.15) is 11.1 Å². The molecule has 2 N–H and O–H groups in total. The second kappa shape index (κ2) is 6.48. The number of rotatable bonds is 4. The van der Waals surface area contributed by atoms with E-state index in [-0.39, 0.29) is 0 Å². The molecule has 0 bridgehead atoms. The Labute approximate surface area is 121 Å². The van der Waals surface area contributed by atoms with E-state index in [1.54, 1.807) is 11.8 Å². The highest BCUT2D eigenvalue weighted by molar-refractivity contribution is 7.98. The Morgan fingerprint density at radius 1 is 1.00 bits per heavy atom. The molecule has 0 amide bonds. The predicted molar refractivity (Wildman–Crippen MR) is 80.4 cm³/mol. The summed E-state index contributed by atoms with van der Waals surface area (Å²) in [6.45, 7) is 0.512. The molecule has 0 aliphatic rings. The van der Waals surface area contributed by atoms with Crippen LogP contribution < -0.4 is 5.73 Å². The Morgan fingerprint density at radius 3 is 2.44 bits per heavy atom. The van der Waals surface area contributed by atoms with Crippen molar-refractivity contribution in [2.24, 2.45) is 5.73 Å². The minimum atomic E-state index is 0.512. The molecule has 1 nitrogen and oxygen atoms in total. The van der Waals surface area contributed by atoms with Gasteiger partial charge in [0.2, 0.25) is 0 Å². The number of nitrogens with two attached hydrogens (primary N) is 1. The number of halogens is 2. The van der Waals surface area contributed by atoms with Crippen molar-refractivity contribution in [2.45, 2.75) is 17.2 Å². The zero-order valence-electron chi connectivity index (χ0n) is 9.70. The molecule has 2 aromatic rings. The lowest BCUT2D eigenvalue weighted by Gasteiger charge is -2.07. The molecule has 0 fully saturated rings. The van der Waals surface area contributed by atoms with E-state index in [2.05, 4.69) is 0 Å². The van der Waals surface area contributed by atoms with Crippen LogP contribution >= 0.6 is 35.0 Å². The molecule has 0 unspecified atom stereocenters. The maximum Gasteiger partial charge on any atom is 0.0541 e. The quantitative estimate of drug-likeness (QED) is 0.825. The van der Waals surface area contributed by atoms with Crippen LogP contribution in [-0.2, 0) is 12.3 Å². The molecule has 0 spiro atoms. The van der Waals surface area contributed by atoms with E-state index in [0.717, 1.165) is 31.8 Å². The Bertz CT molecular complexity index is 543. The Balaban J connectivity index is 2.09. The van der Waals surface area contributed by atoms with Crippen molar-refractivity contribution >= 4 is 35.0 Å². The first-order chi connectivity index (χ1) is 8.70. The highest BCUT2D eigenvalue weighted by Crippen LogP contribution is 2.31. The molecule has 0 saturated heterocycles. The highest BCUT2D eigenvalue weighted by Gasteiger charge is 2.04. The van der Waals surface area contributed by atoms with E-state index in [4.69, 9.17) is 28.9 Å². The van der Waals surface area contributed by atoms with Gasteiger partial charge in [-0.2, -0.15) is 0 Å². The van der Waals surface area contributed by atoms with Gasteiger partial charge in [0.05, 0.1) is 5.02 Å². The van der Waals surface area contributed by atoms with Crippen molar-refractivity contribution in [3.8, 4) is 0 Å². The molecule has 18 heavy (non-hydrogen) atoms. The fraction of sp³-hybridized carbons (Fsp3) is 0.143. The van der Waals surface area contributed by atoms with Crippen molar-refractivity contribution in [1.29, 1.82) is 0 Å². The monoisotopic (exact) mass is 297 g/mol. The number of benzene rings is 2. The van der Waals surface area contributed by atoms with Crippen LogP contribution in [0.25, 0.3) is 0 Å². The molecule has 2 aromatic carbocycles. The van der Waals surface area contributed by atoms with Crippen LogP contribution in [0, 0.1) is 0 Å². The molecule has 0 heterocycles. The maximum absolute atomic E-state index is 6.21. The second-order valence-corrected chi connectivity index (χ2v) is 5.68. The van der Waals surface area contributed by atoms with Crippen molar-refractivity contribution in [1.82, 2.24) is 0 Å². The zero-order valence-corrected chi connectivity index (χ0v) is 12.0. The molecule has 0 radical (unpaired) electrons. The zero-order chi connectivity index (χ0) is 13.0. The van der Waals surface area contributed by atoms with Gasteiger partial charge < -0.3 is 5.73 Å². The lowest BCUT2D eigenvalue weighted by Crippen LogP contribution is -1.96. The maximum atomic E-state index is 6.21. The third kappa shape index (κ3) is 3.42.